The third-order valence-corrected chi connectivity index (χ3v) is 4.68. The van der Waals surface area contributed by atoms with Gasteiger partial charge in [-0.1, -0.05) is 51.8 Å². The molecule has 3 aromatic rings. The molecule has 3 rings (SSSR count). The minimum Gasteiger partial charge on any atom is -1.00 e. The maximum absolute atomic E-state index is 10.6. The van der Waals surface area contributed by atoms with Crippen LogP contribution in [0.3, 0.4) is 0 Å². The Bertz CT molecular complexity index is 1020. The molecule has 4 nitrogen and oxygen atoms in total. The third kappa shape index (κ3) is 6.61. The van der Waals surface area contributed by atoms with Crippen LogP contribution in [-0.2, 0) is 4.79 Å². The molecule has 0 amide bonds. The van der Waals surface area contributed by atoms with Crippen LogP contribution in [0.25, 0.3) is 23.1 Å². The van der Waals surface area contributed by atoms with E-state index >= 15 is 0 Å². The number of pyridine rings is 1. The molecular formula is C21H18BrClNNaO3. The fourth-order valence-corrected chi connectivity index (χ4v) is 3.04. The van der Waals surface area contributed by atoms with E-state index in [2.05, 4.69) is 20.9 Å². The summed E-state index contributed by atoms with van der Waals surface area (Å²) in [7, 11) is 0. The molecule has 140 valence electrons. The number of hydrogen-bond donors (Lipinski definition) is 1. The number of carbonyl (C=O) groups is 1. The number of benzene rings is 2. The van der Waals surface area contributed by atoms with Crippen molar-refractivity contribution < 1.29 is 45.6 Å². The van der Waals surface area contributed by atoms with Crippen LogP contribution in [0.2, 0.25) is 5.02 Å². The van der Waals surface area contributed by atoms with E-state index in [4.69, 9.17) is 21.4 Å². The van der Waals surface area contributed by atoms with Gasteiger partial charge in [-0.25, -0.2) is 4.98 Å². The van der Waals surface area contributed by atoms with Gasteiger partial charge in [0.2, 0.25) is 0 Å². The standard InChI is InChI=1S/C21H17BrClNO3.Na.H/c22-16-7-5-15-6-9-17(24-19(15)13-16)8-3-14-4-10-18(23)20(12-14)27-11-1-2-21(25)26;;/h3-10,12-13H,1-2,11H2,(H,25,26);;/q;+1;-1/b8-3+;;. The summed E-state index contributed by atoms with van der Waals surface area (Å²) < 4.78 is 6.59. The van der Waals surface area contributed by atoms with Crippen LogP contribution in [0, 0.1) is 0 Å². The van der Waals surface area contributed by atoms with Gasteiger partial charge in [0.15, 0.2) is 0 Å². The third-order valence-electron chi connectivity index (χ3n) is 3.87. The Hall–Kier alpha value is -1.37. The molecule has 0 atom stereocenters. The van der Waals surface area contributed by atoms with Crippen molar-refractivity contribution in [3.8, 4) is 5.75 Å². The predicted octanol–water partition coefficient (Wildman–Crippen LogP) is 3.18. The average Bonchev–Trinajstić information content (AvgIpc) is 2.64. The first-order valence-corrected chi connectivity index (χ1v) is 9.57. The molecule has 2 aromatic carbocycles. The van der Waals surface area contributed by atoms with Gasteiger partial charge in [0.25, 0.3) is 0 Å². The monoisotopic (exact) mass is 469 g/mol. The Morgan fingerprint density at radius 3 is 2.75 bits per heavy atom. The average molecular weight is 471 g/mol. The molecule has 0 aliphatic heterocycles. The van der Waals surface area contributed by atoms with Gasteiger partial charge in [-0.2, -0.15) is 0 Å². The molecule has 0 saturated heterocycles. The van der Waals surface area contributed by atoms with Crippen molar-refractivity contribution in [2.75, 3.05) is 6.61 Å². The van der Waals surface area contributed by atoms with E-state index in [0.29, 0.717) is 23.8 Å². The van der Waals surface area contributed by atoms with Crippen molar-refractivity contribution in [3.63, 3.8) is 0 Å². The zero-order valence-electron chi connectivity index (χ0n) is 16.4. The van der Waals surface area contributed by atoms with Gasteiger partial charge in [0.05, 0.1) is 22.8 Å². The normalized spacial score (nSPS) is 10.8. The molecule has 7 heteroatoms. The fourth-order valence-electron chi connectivity index (χ4n) is 2.52. The molecule has 0 bridgehead atoms. The summed E-state index contributed by atoms with van der Waals surface area (Å²) in [5.74, 6) is -0.295. The molecule has 0 fully saturated rings. The number of aliphatic carboxylic acids is 1. The van der Waals surface area contributed by atoms with E-state index in [0.717, 1.165) is 26.6 Å². The molecule has 0 saturated carbocycles. The SMILES string of the molecule is O=C(O)CCCOc1cc(/C=C/c2ccc3ccc(Br)cc3n2)ccc1Cl.[H-].[Na+]. The van der Waals surface area contributed by atoms with Gasteiger partial charge in [-0.3, -0.25) is 4.79 Å². The second kappa shape index (κ2) is 11.0. The number of hydrogen-bond acceptors (Lipinski definition) is 3. The smallest absolute Gasteiger partial charge is 1.00 e. The summed E-state index contributed by atoms with van der Waals surface area (Å²) in [5, 5.41) is 10.2. The molecule has 0 unspecified atom stereocenters. The summed E-state index contributed by atoms with van der Waals surface area (Å²) in [5.41, 5.74) is 2.69. The topological polar surface area (TPSA) is 59.4 Å². The second-order valence-electron chi connectivity index (χ2n) is 5.94. The number of nitrogens with zero attached hydrogens (tertiary/aromatic N) is 1. The van der Waals surface area contributed by atoms with Crippen LogP contribution >= 0.6 is 27.5 Å². The van der Waals surface area contributed by atoms with Crippen molar-refractivity contribution in [2.24, 2.45) is 0 Å². The van der Waals surface area contributed by atoms with Crippen LogP contribution in [0.1, 0.15) is 25.5 Å². The van der Waals surface area contributed by atoms with Gasteiger partial charge in [0.1, 0.15) is 5.75 Å². The Kier molecular flexibility index (Phi) is 8.99. The largest absolute Gasteiger partial charge is 1.00 e. The van der Waals surface area contributed by atoms with Crippen molar-refractivity contribution in [3.05, 3.63) is 69.3 Å². The second-order valence-corrected chi connectivity index (χ2v) is 7.26. The summed E-state index contributed by atoms with van der Waals surface area (Å²) in [4.78, 5) is 15.2. The molecule has 1 N–H and O–H groups in total. The summed E-state index contributed by atoms with van der Waals surface area (Å²) in [6.07, 6.45) is 4.37. The molecule has 28 heavy (non-hydrogen) atoms. The van der Waals surface area contributed by atoms with Crippen LogP contribution in [0.4, 0.5) is 0 Å². The number of aromatic nitrogens is 1. The Morgan fingerprint density at radius 2 is 1.96 bits per heavy atom. The van der Waals surface area contributed by atoms with Crippen LogP contribution in [0.5, 0.6) is 5.75 Å². The molecule has 1 aromatic heterocycles. The Labute approximate surface area is 200 Å². The molecule has 0 spiro atoms. The minimum absolute atomic E-state index is 0. The number of carboxylic acid groups (broad SMARTS) is 1. The van der Waals surface area contributed by atoms with Crippen LogP contribution < -0.4 is 34.3 Å². The summed E-state index contributed by atoms with van der Waals surface area (Å²) in [6, 6.07) is 15.5. The zero-order valence-corrected chi connectivity index (χ0v) is 19.7. The van der Waals surface area contributed by atoms with E-state index in [1.165, 1.54) is 0 Å². The quantitative estimate of drug-likeness (QED) is 0.426. The number of halogens is 2. The maximum atomic E-state index is 10.6. The van der Waals surface area contributed by atoms with Crippen molar-refractivity contribution in [2.45, 2.75) is 12.8 Å². The summed E-state index contributed by atoms with van der Waals surface area (Å²) in [6.45, 7) is 0.306. The van der Waals surface area contributed by atoms with Gasteiger partial charge >= 0.3 is 35.5 Å². The van der Waals surface area contributed by atoms with Crippen molar-refractivity contribution in [1.82, 2.24) is 4.98 Å². The Balaban J connectivity index is 0.00000210. The van der Waals surface area contributed by atoms with E-state index in [9.17, 15) is 4.79 Å². The number of fused-ring (bicyclic) bond motifs is 1. The van der Waals surface area contributed by atoms with Gasteiger partial charge < -0.3 is 11.3 Å². The summed E-state index contributed by atoms with van der Waals surface area (Å²) >= 11 is 9.62. The van der Waals surface area contributed by atoms with E-state index < -0.39 is 5.97 Å². The first-order valence-electron chi connectivity index (χ1n) is 8.40. The number of ether oxygens (including phenoxy) is 1. The molecular weight excluding hydrogens is 453 g/mol. The fraction of sp³-hybridized carbons (Fsp3) is 0.143. The van der Waals surface area contributed by atoms with Gasteiger partial charge in [-0.15, -0.1) is 0 Å². The zero-order chi connectivity index (χ0) is 19.2. The maximum Gasteiger partial charge on any atom is 1.00 e. The number of carboxylic acids is 1. The predicted molar refractivity (Wildman–Crippen MR) is 113 cm³/mol. The van der Waals surface area contributed by atoms with E-state index in [1.54, 1.807) is 6.07 Å². The van der Waals surface area contributed by atoms with E-state index in [1.807, 2.05) is 54.6 Å². The molecule has 1 heterocycles. The Morgan fingerprint density at radius 1 is 1.18 bits per heavy atom. The van der Waals surface area contributed by atoms with Gasteiger partial charge in [0, 0.05) is 16.3 Å². The van der Waals surface area contributed by atoms with E-state index in [-0.39, 0.29) is 37.4 Å². The first kappa shape index (κ1) is 22.9. The van der Waals surface area contributed by atoms with Gasteiger partial charge in [-0.05, 0) is 48.4 Å². The van der Waals surface area contributed by atoms with Crippen LogP contribution in [0.15, 0.2) is 53.0 Å². The van der Waals surface area contributed by atoms with Crippen molar-refractivity contribution >= 4 is 56.6 Å². The number of rotatable bonds is 7. The molecule has 0 aliphatic carbocycles. The van der Waals surface area contributed by atoms with Crippen molar-refractivity contribution in [1.29, 1.82) is 0 Å². The molecule has 0 radical (unpaired) electrons. The minimum atomic E-state index is -0.837. The first-order chi connectivity index (χ1) is 13.0. The van der Waals surface area contributed by atoms with Crippen LogP contribution in [-0.4, -0.2) is 22.7 Å². The molecule has 0 aliphatic rings.